The van der Waals surface area contributed by atoms with Crippen LogP contribution in [0.1, 0.15) is 54.9 Å². The summed E-state index contributed by atoms with van der Waals surface area (Å²) < 4.78 is 14.6. The largest absolute Gasteiger partial charge is 0.487 e. The van der Waals surface area contributed by atoms with E-state index in [1.807, 2.05) is 47.8 Å². The molecular formula is C23H28ClN3O3. The van der Waals surface area contributed by atoms with Crippen LogP contribution < -0.4 is 4.74 Å². The summed E-state index contributed by atoms with van der Waals surface area (Å²) in [5.74, 6) is 1.13. The van der Waals surface area contributed by atoms with Crippen molar-refractivity contribution in [1.82, 2.24) is 14.7 Å². The minimum atomic E-state index is -0.345. The molecule has 6 nitrogen and oxygen atoms in total. The van der Waals surface area contributed by atoms with Gasteiger partial charge in [-0.1, -0.05) is 11.6 Å². The zero-order valence-corrected chi connectivity index (χ0v) is 18.7. The van der Waals surface area contributed by atoms with Crippen LogP contribution in [-0.4, -0.2) is 45.9 Å². The van der Waals surface area contributed by atoms with Crippen molar-refractivity contribution in [3.05, 3.63) is 46.2 Å². The van der Waals surface area contributed by atoms with E-state index in [0.717, 1.165) is 30.0 Å². The van der Waals surface area contributed by atoms with E-state index in [1.54, 1.807) is 0 Å². The van der Waals surface area contributed by atoms with Crippen molar-refractivity contribution >= 4 is 17.5 Å². The van der Waals surface area contributed by atoms with Crippen molar-refractivity contribution in [3.8, 4) is 5.75 Å². The summed E-state index contributed by atoms with van der Waals surface area (Å²) in [6.07, 6.45) is 2.80. The molecule has 1 aromatic heterocycles. The smallest absolute Gasteiger partial charge is 0.257 e. The number of nitrogens with zero attached hydrogens (tertiary/aromatic N) is 3. The highest BCUT2D eigenvalue weighted by Crippen LogP contribution is 2.55. The van der Waals surface area contributed by atoms with Crippen molar-refractivity contribution in [1.29, 1.82) is 0 Å². The number of halogens is 1. The SMILES string of the molecule is CCn1cc(C(=O)N2CC3(CO[C@@H]4c5cc(Cl)ccc5OC(C)(C)[C@H]4C3)C2)c(C)n1. The molecule has 0 bridgehead atoms. The summed E-state index contributed by atoms with van der Waals surface area (Å²) in [5, 5.41) is 5.11. The Morgan fingerprint density at radius 3 is 2.80 bits per heavy atom. The van der Waals surface area contributed by atoms with E-state index in [1.165, 1.54) is 0 Å². The average molecular weight is 430 g/mol. The minimum Gasteiger partial charge on any atom is -0.487 e. The van der Waals surface area contributed by atoms with E-state index in [-0.39, 0.29) is 28.9 Å². The number of hydrogen-bond acceptors (Lipinski definition) is 4. The van der Waals surface area contributed by atoms with Crippen LogP contribution in [0.4, 0.5) is 0 Å². The number of hydrogen-bond donors (Lipinski definition) is 0. The van der Waals surface area contributed by atoms with Gasteiger partial charge in [-0.25, -0.2) is 0 Å². The highest BCUT2D eigenvalue weighted by molar-refractivity contribution is 6.30. The number of likely N-dealkylation sites (tertiary alicyclic amines) is 1. The number of carbonyl (C=O) groups is 1. The molecule has 3 aliphatic rings. The molecule has 160 valence electrons. The van der Waals surface area contributed by atoms with Gasteiger partial charge in [-0.05, 0) is 52.3 Å². The third-order valence-corrected chi connectivity index (χ3v) is 7.21. The molecule has 4 heterocycles. The molecule has 0 radical (unpaired) electrons. The van der Waals surface area contributed by atoms with Crippen LogP contribution in [0.2, 0.25) is 5.02 Å². The Hall–Kier alpha value is -2.05. The summed E-state index contributed by atoms with van der Waals surface area (Å²) >= 11 is 6.25. The maximum Gasteiger partial charge on any atom is 0.257 e. The molecule has 30 heavy (non-hydrogen) atoms. The molecule has 2 aromatic rings. The van der Waals surface area contributed by atoms with Crippen LogP contribution in [0.3, 0.4) is 0 Å². The molecular weight excluding hydrogens is 402 g/mol. The van der Waals surface area contributed by atoms with Crippen molar-refractivity contribution in [2.24, 2.45) is 11.3 Å². The molecule has 0 unspecified atom stereocenters. The normalized spacial score (nSPS) is 25.8. The quantitative estimate of drug-likeness (QED) is 0.715. The molecule has 5 rings (SSSR count). The van der Waals surface area contributed by atoms with Crippen LogP contribution >= 0.6 is 11.6 Å². The molecule has 1 amide bonds. The van der Waals surface area contributed by atoms with Crippen molar-refractivity contribution < 1.29 is 14.3 Å². The summed E-state index contributed by atoms with van der Waals surface area (Å²) in [7, 11) is 0. The fourth-order valence-corrected chi connectivity index (χ4v) is 5.49. The zero-order chi connectivity index (χ0) is 21.3. The number of benzene rings is 1. The van der Waals surface area contributed by atoms with Gasteiger partial charge in [0.1, 0.15) is 11.4 Å². The molecule has 7 heteroatoms. The lowest BCUT2D eigenvalue weighted by Gasteiger charge is -2.58. The van der Waals surface area contributed by atoms with Gasteiger partial charge in [0.05, 0.1) is 24.0 Å². The molecule has 0 N–H and O–H groups in total. The number of amides is 1. The minimum absolute atomic E-state index is 0.0117. The fraction of sp³-hybridized carbons (Fsp3) is 0.565. The van der Waals surface area contributed by atoms with Gasteiger partial charge in [0.25, 0.3) is 5.91 Å². The highest BCUT2D eigenvalue weighted by atomic mass is 35.5. The lowest BCUT2D eigenvalue weighted by molar-refractivity contribution is -0.191. The second kappa shape index (κ2) is 6.72. The lowest BCUT2D eigenvalue weighted by atomic mass is 9.64. The van der Waals surface area contributed by atoms with Crippen molar-refractivity contribution in [2.75, 3.05) is 19.7 Å². The number of carbonyl (C=O) groups excluding carboxylic acids is 1. The molecule has 0 saturated carbocycles. The first-order valence-corrected chi connectivity index (χ1v) is 11.0. The van der Waals surface area contributed by atoms with Crippen LogP contribution in [0.5, 0.6) is 5.75 Å². The van der Waals surface area contributed by atoms with E-state index in [0.29, 0.717) is 30.3 Å². The van der Waals surface area contributed by atoms with Crippen molar-refractivity contribution in [2.45, 2.75) is 52.4 Å². The van der Waals surface area contributed by atoms with Gasteiger partial charge in [-0.2, -0.15) is 5.10 Å². The van der Waals surface area contributed by atoms with Gasteiger partial charge in [-0.15, -0.1) is 0 Å². The van der Waals surface area contributed by atoms with E-state index in [2.05, 4.69) is 18.9 Å². The molecule has 1 aromatic carbocycles. The van der Waals surface area contributed by atoms with Crippen LogP contribution in [-0.2, 0) is 11.3 Å². The summed E-state index contributed by atoms with van der Waals surface area (Å²) in [6, 6.07) is 5.76. The molecule has 1 spiro atoms. The Labute approximate surface area is 182 Å². The summed E-state index contributed by atoms with van der Waals surface area (Å²) in [4.78, 5) is 14.9. The molecule has 0 aliphatic carbocycles. The Morgan fingerprint density at radius 1 is 1.33 bits per heavy atom. The lowest BCUT2D eigenvalue weighted by Crippen LogP contribution is -2.65. The first-order valence-electron chi connectivity index (χ1n) is 10.6. The number of ether oxygens (including phenoxy) is 2. The van der Waals surface area contributed by atoms with Crippen LogP contribution in [0.25, 0.3) is 0 Å². The standard InChI is InChI=1S/C23H28ClN3O3/c1-5-27-10-17(14(2)25-27)21(28)26-11-23(12-26)9-18-20(29-13-23)16-8-15(24)6-7-19(16)30-22(18,3)4/h6-8,10,18,20H,5,9,11-13H2,1-4H3/t18-,20+/m0/s1. The Bertz CT molecular complexity index is 1010. The molecule has 2 atom stereocenters. The fourth-order valence-electron chi connectivity index (χ4n) is 5.31. The van der Waals surface area contributed by atoms with Crippen molar-refractivity contribution in [3.63, 3.8) is 0 Å². The molecule has 3 aliphatic heterocycles. The third kappa shape index (κ3) is 3.04. The zero-order valence-electron chi connectivity index (χ0n) is 17.9. The number of aryl methyl sites for hydroxylation is 2. The summed E-state index contributed by atoms with van der Waals surface area (Å²) in [5.41, 5.74) is 2.17. The van der Waals surface area contributed by atoms with Crippen LogP contribution in [0, 0.1) is 18.3 Å². The molecule has 2 saturated heterocycles. The Morgan fingerprint density at radius 2 is 2.10 bits per heavy atom. The number of rotatable bonds is 2. The number of aromatic nitrogens is 2. The second-order valence-electron chi connectivity index (χ2n) is 9.57. The average Bonchev–Trinajstić information content (AvgIpc) is 3.07. The Kier molecular flexibility index (Phi) is 4.46. The van der Waals surface area contributed by atoms with Gasteiger partial charge in [0, 0.05) is 47.8 Å². The first kappa shape index (κ1) is 19.9. The molecule has 2 fully saturated rings. The maximum absolute atomic E-state index is 13.0. The van der Waals surface area contributed by atoms with E-state index in [4.69, 9.17) is 21.1 Å². The predicted molar refractivity (Wildman–Crippen MR) is 114 cm³/mol. The van der Waals surface area contributed by atoms with Gasteiger partial charge in [0.15, 0.2) is 0 Å². The highest BCUT2D eigenvalue weighted by Gasteiger charge is 2.56. The summed E-state index contributed by atoms with van der Waals surface area (Å²) in [6.45, 7) is 11.0. The van der Waals surface area contributed by atoms with Crippen LogP contribution in [0.15, 0.2) is 24.4 Å². The predicted octanol–water partition coefficient (Wildman–Crippen LogP) is 4.26. The first-order chi connectivity index (χ1) is 14.2. The Balaban J connectivity index is 1.34. The van der Waals surface area contributed by atoms with Gasteiger partial charge in [0.2, 0.25) is 0 Å². The van der Waals surface area contributed by atoms with E-state index in [9.17, 15) is 4.79 Å². The second-order valence-corrected chi connectivity index (χ2v) is 10.0. The van der Waals surface area contributed by atoms with Gasteiger partial charge >= 0.3 is 0 Å². The van der Waals surface area contributed by atoms with E-state index < -0.39 is 0 Å². The monoisotopic (exact) mass is 429 g/mol. The maximum atomic E-state index is 13.0. The van der Waals surface area contributed by atoms with Gasteiger partial charge < -0.3 is 14.4 Å². The topological polar surface area (TPSA) is 56.6 Å². The van der Waals surface area contributed by atoms with E-state index >= 15 is 0 Å². The number of fused-ring (bicyclic) bond motifs is 3. The third-order valence-electron chi connectivity index (χ3n) is 6.97. The van der Waals surface area contributed by atoms with Gasteiger partial charge in [-0.3, -0.25) is 9.48 Å².